The molecule has 1 heteroatoms. The van der Waals surface area contributed by atoms with E-state index in [0.717, 1.165) is 0 Å². The van der Waals surface area contributed by atoms with Gasteiger partial charge in [0.05, 0.1) is 0 Å². The first-order valence-corrected chi connectivity index (χ1v) is 6.30. The van der Waals surface area contributed by atoms with Gasteiger partial charge in [-0.2, -0.15) is 0 Å². The van der Waals surface area contributed by atoms with Gasteiger partial charge in [-0.3, -0.25) is 0 Å². The maximum absolute atomic E-state index is 7.12. The van der Waals surface area contributed by atoms with E-state index in [-0.39, 0.29) is 0 Å². The zero-order chi connectivity index (χ0) is 7.33. The van der Waals surface area contributed by atoms with Crippen molar-refractivity contribution in [3.8, 4) is 5.54 Å². The van der Waals surface area contributed by atoms with Crippen LogP contribution < -0.4 is 0 Å². The Morgan fingerprint density at radius 2 is 1.44 bits per heavy atom. The van der Waals surface area contributed by atoms with E-state index in [1.54, 1.807) is 0 Å². The SMILES string of the molecule is [C]#C[Si](CC)(CC)CC. The number of hydrogen-bond acceptors (Lipinski definition) is 0. The van der Waals surface area contributed by atoms with Gasteiger partial charge in [0, 0.05) is 0 Å². The average Bonchev–Trinajstić information content (AvgIpc) is 1.95. The second-order valence-electron chi connectivity index (χ2n) is 2.47. The molecule has 0 unspecified atom stereocenters. The summed E-state index contributed by atoms with van der Waals surface area (Å²) in [6.07, 6.45) is 7.12. The molecule has 0 aromatic carbocycles. The van der Waals surface area contributed by atoms with E-state index in [1.165, 1.54) is 18.1 Å². The second-order valence-corrected chi connectivity index (χ2v) is 7.40. The summed E-state index contributed by atoms with van der Waals surface area (Å²) in [6.45, 7) is 6.54. The van der Waals surface area contributed by atoms with Gasteiger partial charge in [-0.15, -0.1) is 5.54 Å². The highest BCUT2D eigenvalue weighted by molar-refractivity contribution is 6.86. The van der Waals surface area contributed by atoms with Gasteiger partial charge in [0.1, 0.15) is 8.07 Å². The minimum absolute atomic E-state index is 1.18. The zero-order valence-corrected chi connectivity index (χ0v) is 7.62. The molecule has 0 aliphatic heterocycles. The maximum atomic E-state index is 7.12. The Balaban J connectivity index is 4.04. The molecule has 1 radical (unpaired) electrons. The Morgan fingerprint density at radius 3 is 1.44 bits per heavy atom. The van der Waals surface area contributed by atoms with Gasteiger partial charge in [-0.25, -0.2) is 0 Å². The first-order valence-electron chi connectivity index (χ1n) is 3.68. The second kappa shape index (κ2) is 3.74. The highest BCUT2D eigenvalue weighted by Crippen LogP contribution is 2.17. The fourth-order valence-corrected chi connectivity index (χ4v) is 3.05. The predicted octanol–water partition coefficient (Wildman–Crippen LogP) is 2.62. The Kier molecular flexibility index (Phi) is 3.64. The first kappa shape index (κ1) is 8.78. The van der Waals surface area contributed by atoms with Crippen LogP contribution in [0.15, 0.2) is 0 Å². The van der Waals surface area contributed by atoms with Crippen molar-refractivity contribution >= 4 is 8.07 Å². The number of hydrogen-bond donors (Lipinski definition) is 0. The largest absolute Gasteiger partial charge is 0.139 e. The smallest absolute Gasteiger partial charge is 0.117 e. The van der Waals surface area contributed by atoms with E-state index < -0.39 is 8.07 Å². The van der Waals surface area contributed by atoms with Crippen LogP contribution in [0.1, 0.15) is 20.8 Å². The van der Waals surface area contributed by atoms with Crippen LogP contribution in [0.5, 0.6) is 0 Å². The quantitative estimate of drug-likeness (QED) is 0.416. The highest BCUT2D eigenvalue weighted by Gasteiger charge is 2.23. The van der Waals surface area contributed by atoms with Gasteiger partial charge in [-0.1, -0.05) is 20.8 Å². The maximum Gasteiger partial charge on any atom is 0.139 e. The fourth-order valence-electron chi connectivity index (χ4n) is 1.02. The molecule has 0 aliphatic rings. The van der Waals surface area contributed by atoms with Gasteiger partial charge in [0.15, 0.2) is 0 Å². The van der Waals surface area contributed by atoms with E-state index in [2.05, 4.69) is 26.3 Å². The lowest BCUT2D eigenvalue weighted by Gasteiger charge is -2.18. The van der Waals surface area contributed by atoms with Gasteiger partial charge in [0.25, 0.3) is 0 Å². The zero-order valence-electron chi connectivity index (χ0n) is 6.62. The van der Waals surface area contributed by atoms with Crippen LogP contribution in [0.4, 0.5) is 0 Å². The summed E-state index contributed by atoms with van der Waals surface area (Å²) in [7, 11) is -1.27. The molecule has 0 spiro atoms. The third kappa shape index (κ3) is 1.87. The van der Waals surface area contributed by atoms with Crippen LogP contribution in [0.3, 0.4) is 0 Å². The van der Waals surface area contributed by atoms with Crippen LogP contribution in [-0.2, 0) is 0 Å². The minimum Gasteiger partial charge on any atom is -0.117 e. The molecular formula is C8H15Si. The average molecular weight is 139 g/mol. The standard InChI is InChI=1S/C8H15Si/c1-5-9(6-2,7-3)8-4/h5-7H2,1-3H3. The molecule has 0 N–H and O–H groups in total. The molecule has 0 amide bonds. The topological polar surface area (TPSA) is 0 Å². The van der Waals surface area contributed by atoms with Crippen LogP contribution in [0, 0.1) is 12.0 Å². The van der Waals surface area contributed by atoms with Crippen molar-refractivity contribution in [3.63, 3.8) is 0 Å². The Morgan fingerprint density at radius 1 is 1.11 bits per heavy atom. The Hall–Kier alpha value is -0.223. The van der Waals surface area contributed by atoms with Crippen molar-refractivity contribution in [3.05, 3.63) is 6.42 Å². The fraction of sp³-hybridized carbons (Fsp3) is 0.750. The summed E-state index contributed by atoms with van der Waals surface area (Å²) in [5.41, 5.74) is 2.75. The number of rotatable bonds is 3. The lowest BCUT2D eigenvalue weighted by atomic mass is 10.9. The Labute approximate surface area is 59.7 Å². The first-order chi connectivity index (χ1) is 4.24. The molecule has 0 nitrogen and oxygen atoms in total. The van der Waals surface area contributed by atoms with Crippen molar-refractivity contribution in [2.75, 3.05) is 0 Å². The van der Waals surface area contributed by atoms with Gasteiger partial charge in [-0.05, 0) is 24.6 Å². The van der Waals surface area contributed by atoms with Crippen LogP contribution in [0.25, 0.3) is 0 Å². The molecule has 0 aromatic heterocycles. The van der Waals surface area contributed by atoms with E-state index in [1.807, 2.05) is 0 Å². The van der Waals surface area contributed by atoms with E-state index >= 15 is 0 Å². The molecule has 0 heterocycles. The van der Waals surface area contributed by atoms with Crippen molar-refractivity contribution in [1.82, 2.24) is 0 Å². The van der Waals surface area contributed by atoms with E-state index in [0.29, 0.717) is 0 Å². The molecule has 9 heavy (non-hydrogen) atoms. The summed E-state index contributed by atoms with van der Waals surface area (Å²) in [5, 5.41) is 0. The van der Waals surface area contributed by atoms with Crippen LogP contribution in [-0.4, -0.2) is 8.07 Å². The van der Waals surface area contributed by atoms with Gasteiger partial charge < -0.3 is 0 Å². The summed E-state index contributed by atoms with van der Waals surface area (Å²) in [6, 6.07) is 3.55. The van der Waals surface area contributed by atoms with Crippen LogP contribution in [0.2, 0.25) is 18.1 Å². The summed E-state index contributed by atoms with van der Waals surface area (Å²) in [5.74, 6) is 0. The summed E-state index contributed by atoms with van der Waals surface area (Å²) < 4.78 is 0. The molecule has 0 aromatic rings. The molecule has 0 aliphatic carbocycles. The highest BCUT2D eigenvalue weighted by atomic mass is 28.3. The third-order valence-electron chi connectivity index (χ3n) is 2.30. The Bertz CT molecular complexity index is 98.0. The lowest BCUT2D eigenvalue weighted by molar-refractivity contribution is 1.20. The molecule has 0 saturated carbocycles. The molecule has 0 bridgehead atoms. The summed E-state index contributed by atoms with van der Waals surface area (Å²) >= 11 is 0. The summed E-state index contributed by atoms with van der Waals surface area (Å²) in [4.78, 5) is 0. The molecule has 0 atom stereocenters. The molecule has 51 valence electrons. The van der Waals surface area contributed by atoms with Crippen molar-refractivity contribution in [1.29, 1.82) is 0 Å². The van der Waals surface area contributed by atoms with Crippen molar-refractivity contribution < 1.29 is 0 Å². The van der Waals surface area contributed by atoms with Crippen LogP contribution >= 0.6 is 0 Å². The predicted molar refractivity (Wildman–Crippen MR) is 44.3 cm³/mol. The molecule has 0 rings (SSSR count). The van der Waals surface area contributed by atoms with E-state index in [4.69, 9.17) is 6.42 Å². The molecular weight excluding hydrogens is 124 g/mol. The normalized spacial score (nSPS) is 10.9. The lowest BCUT2D eigenvalue weighted by Crippen LogP contribution is -2.28. The van der Waals surface area contributed by atoms with E-state index in [9.17, 15) is 0 Å². The minimum atomic E-state index is -1.27. The monoisotopic (exact) mass is 139 g/mol. The third-order valence-corrected chi connectivity index (χ3v) is 6.89. The van der Waals surface area contributed by atoms with Gasteiger partial charge in [0.2, 0.25) is 0 Å². The van der Waals surface area contributed by atoms with Gasteiger partial charge >= 0.3 is 0 Å². The molecule has 0 fully saturated rings. The van der Waals surface area contributed by atoms with Crippen molar-refractivity contribution in [2.45, 2.75) is 38.9 Å². The molecule has 0 saturated heterocycles. The van der Waals surface area contributed by atoms with Crippen molar-refractivity contribution in [2.24, 2.45) is 0 Å².